The summed E-state index contributed by atoms with van der Waals surface area (Å²) in [5.74, 6) is -1.18. The van der Waals surface area contributed by atoms with Crippen LogP contribution in [0.2, 0.25) is 0 Å². The van der Waals surface area contributed by atoms with E-state index in [0.717, 1.165) is 32.1 Å². The molecule has 1 saturated carbocycles. The Morgan fingerprint density at radius 1 is 0.750 bits per heavy atom. The van der Waals surface area contributed by atoms with Gasteiger partial charge in [-0.3, -0.25) is 9.59 Å². The average molecular weight is 397 g/mol. The Balaban J connectivity index is 2.22. The maximum Gasteiger partial charge on any atom is 0.309 e. The van der Waals surface area contributed by atoms with E-state index in [4.69, 9.17) is 9.84 Å². The second kappa shape index (κ2) is 15.8. The molecule has 0 radical (unpaired) electrons. The van der Waals surface area contributed by atoms with E-state index in [1.807, 2.05) is 0 Å². The van der Waals surface area contributed by atoms with Gasteiger partial charge in [-0.2, -0.15) is 0 Å². The van der Waals surface area contributed by atoms with Gasteiger partial charge in [-0.25, -0.2) is 0 Å². The van der Waals surface area contributed by atoms with E-state index in [1.54, 1.807) is 0 Å². The Morgan fingerprint density at radius 3 is 1.75 bits per heavy atom. The molecule has 1 rings (SSSR count). The smallest absolute Gasteiger partial charge is 0.309 e. The number of hydrogen-bond donors (Lipinski definition) is 1. The molecule has 0 spiro atoms. The highest BCUT2D eigenvalue weighted by Crippen LogP contribution is 2.30. The van der Waals surface area contributed by atoms with Crippen LogP contribution in [0.5, 0.6) is 0 Å². The van der Waals surface area contributed by atoms with Crippen molar-refractivity contribution >= 4 is 11.9 Å². The van der Waals surface area contributed by atoms with Crippen LogP contribution >= 0.6 is 0 Å². The van der Waals surface area contributed by atoms with Crippen molar-refractivity contribution < 1.29 is 19.4 Å². The van der Waals surface area contributed by atoms with Gasteiger partial charge in [0.1, 0.15) is 6.10 Å². The molecular weight excluding hydrogens is 352 g/mol. The van der Waals surface area contributed by atoms with Crippen molar-refractivity contribution in [3.05, 3.63) is 0 Å². The molecule has 0 aliphatic heterocycles. The third kappa shape index (κ3) is 11.1. The van der Waals surface area contributed by atoms with Gasteiger partial charge in [-0.15, -0.1) is 0 Å². The Bertz CT molecular complexity index is 413. The molecule has 0 aromatic heterocycles. The van der Waals surface area contributed by atoms with E-state index in [0.29, 0.717) is 25.7 Å². The maximum absolute atomic E-state index is 12.5. The van der Waals surface area contributed by atoms with Crippen LogP contribution in [-0.4, -0.2) is 23.1 Å². The van der Waals surface area contributed by atoms with Crippen molar-refractivity contribution in [2.24, 2.45) is 11.8 Å². The van der Waals surface area contributed by atoms with Crippen LogP contribution in [0.25, 0.3) is 0 Å². The number of hydrogen-bond acceptors (Lipinski definition) is 3. The van der Waals surface area contributed by atoms with Crippen molar-refractivity contribution in [1.82, 2.24) is 0 Å². The van der Waals surface area contributed by atoms with Crippen LogP contribution in [0.3, 0.4) is 0 Å². The first-order valence-electron chi connectivity index (χ1n) is 12.0. The van der Waals surface area contributed by atoms with Gasteiger partial charge in [0.2, 0.25) is 0 Å². The number of esters is 1. The summed E-state index contributed by atoms with van der Waals surface area (Å²) in [5, 5.41) is 9.10. The second-order valence-corrected chi connectivity index (χ2v) is 8.71. The summed E-state index contributed by atoms with van der Waals surface area (Å²) in [4.78, 5) is 23.6. The maximum atomic E-state index is 12.5. The summed E-state index contributed by atoms with van der Waals surface area (Å²) in [6.07, 6.45) is 18.5. The van der Waals surface area contributed by atoms with Gasteiger partial charge < -0.3 is 9.84 Å². The van der Waals surface area contributed by atoms with Crippen molar-refractivity contribution in [2.75, 3.05) is 0 Å². The molecule has 0 bridgehead atoms. The number of unbranched alkanes of at least 4 members (excludes halogenated alkanes) is 9. The van der Waals surface area contributed by atoms with Gasteiger partial charge in [-0.05, 0) is 44.9 Å². The molecule has 1 N–H and O–H groups in total. The number of carboxylic acids is 1. The molecule has 164 valence electrons. The van der Waals surface area contributed by atoms with E-state index < -0.39 is 5.97 Å². The van der Waals surface area contributed by atoms with E-state index in [1.165, 1.54) is 51.4 Å². The van der Waals surface area contributed by atoms with Gasteiger partial charge in [-0.1, -0.05) is 78.1 Å². The number of carbonyl (C=O) groups is 2. The van der Waals surface area contributed by atoms with E-state index in [-0.39, 0.29) is 23.9 Å². The second-order valence-electron chi connectivity index (χ2n) is 8.71. The summed E-state index contributed by atoms with van der Waals surface area (Å²) >= 11 is 0. The third-order valence-corrected chi connectivity index (χ3v) is 6.20. The Kier molecular flexibility index (Phi) is 14.1. The standard InChI is InChI=1S/C24H44O4/c1-3-5-7-8-9-10-11-12-13-15-22(14-6-4-2)28-24(27)21-18-16-20(17-19-21)23(25)26/h20-22H,3-19H2,1-2H3,(H,25,26). The van der Waals surface area contributed by atoms with Gasteiger partial charge in [0.15, 0.2) is 0 Å². The zero-order valence-electron chi connectivity index (χ0n) is 18.4. The number of aliphatic carboxylic acids is 1. The molecule has 0 saturated heterocycles. The highest BCUT2D eigenvalue weighted by atomic mass is 16.5. The van der Waals surface area contributed by atoms with Crippen LogP contribution in [0.4, 0.5) is 0 Å². The number of ether oxygens (including phenoxy) is 1. The molecule has 0 aromatic rings. The molecule has 1 aliphatic rings. The van der Waals surface area contributed by atoms with Crippen molar-refractivity contribution in [3.8, 4) is 0 Å². The van der Waals surface area contributed by atoms with Crippen molar-refractivity contribution in [3.63, 3.8) is 0 Å². The summed E-state index contributed by atoms with van der Waals surface area (Å²) in [6, 6.07) is 0. The summed E-state index contributed by atoms with van der Waals surface area (Å²) in [5.41, 5.74) is 0. The fourth-order valence-corrected chi connectivity index (χ4v) is 4.21. The van der Waals surface area contributed by atoms with Gasteiger partial charge in [0.25, 0.3) is 0 Å². The lowest BCUT2D eigenvalue weighted by molar-refractivity contribution is -0.158. The first-order valence-corrected chi connectivity index (χ1v) is 12.0. The van der Waals surface area contributed by atoms with Crippen molar-refractivity contribution in [2.45, 2.75) is 129 Å². The zero-order chi connectivity index (χ0) is 20.6. The van der Waals surface area contributed by atoms with E-state index in [9.17, 15) is 9.59 Å². The van der Waals surface area contributed by atoms with Gasteiger partial charge in [0, 0.05) is 0 Å². The highest BCUT2D eigenvalue weighted by molar-refractivity contribution is 5.74. The number of rotatable bonds is 16. The van der Waals surface area contributed by atoms with Crippen molar-refractivity contribution in [1.29, 1.82) is 0 Å². The monoisotopic (exact) mass is 396 g/mol. The fraction of sp³-hybridized carbons (Fsp3) is 0.917. The predicted molar refractivity (Wildman–Crippen MR) is 114 cm³/mol. The molecule has 1 fully saturated rings. The quantitative estimate of drug-likeness (QED) is 0.228. The van der Waals surface area contributed by atoms with Crippen LogP contribution in [-0.2, 0) is 14.3 Å². The predicted octanol–water partition coefficient (Wildman–Crippen LogP) is 6.90. The molecule has 0 amide bonds. The fourth-order valence-electron chi connectivity index (χ4n) is 4.21. The molecule has 4 nitrogen and oxygen atoms in total. The SMILES string of the molecule is CCCCCCCCCCCC(CCCC)OC(=O)C1CCC(C(=O)O)CC1. The lowest BCUT2D eigenvalue weighted by Gasteiger charge is -2.27. The molecule has 1 atom stereocenters. The molecule has 1 aliphatic carbocycles. The lowest BCUT2D eigenvalue weighted by Crippen LogP contribution is -2.29. The molecule has 0 aromatic carbocycles. The lowest BCUT2D eigenvalue weighted by atomic mass is 9.82. The molecule has 1 unspecified atom stereocenters. The normalized spacial score (nSPS) is 20.6. The first-order chi connectivity index (χ1) is 13.6. The summed E-state index contributed by atoms with van der Waals surface area (Å²) < 4.78 is 5.87. The molecule has 0 heterocycles. The zero-order valence-corrected chi connectivity index (χ0v) is 18.4. The topological polar surface area (TPSA) is 63.6 Å². The minimum Gasteiger partial charge on any atom is -0.481 e. The van der Waals surface area contributed by atoms with E-state index in [2.05, 4.69) is 13.8 Å². The van der Waals surface area contributed by atoms with Crippen LogP contribution in [0.1, 0.15) is 123 Å². The Morgan fingerprint density at radius 2 is 1.21 bits per heavy atom. The minimum atomic E-state index is -0.724. The third-order valence-electron chi connectivity index (χ3n) is 6.20. The van der Waals surface area contributed by atoms with Gasteiger partial charge >= 0.3 is 11.9 Å². The highest BCUT2D eigenvalue weighted by Gasteiger charge is 2.31. The Labute approximate surface area is 172 Å². The largest absolute Gasteiger partial charge is 0.481 e. The summed E-state index contributed by atoms with van der Waals surface area (Å²) in [6.45, 7) is 4.42. The molecular formula is C24H44O4. The number of carbonyl (C=O) groups excluding carboxylic acids is 1. The minimum absolute atomic E-state index is 0.0502. The summed E-state index contributed by atoms with van der Waals surface area (Å²) in [7, 11) is 0. The number of carboxylic acid groups (broad SMARTS) is 1. The first kappa shape index (κ1) is 25.0. The molecule has 4 heteroatoms. The van der Waals surface area contributed by atoms with Crippen LogP contribution in [0, 0.1) is 11.8 Å². The van der Waals surface area contributed by atoms with Crippen LogP contribution < -0.4 is 0 Å². The average Bonchev–Trinajstić information content (AvgIpc) is 2.70. The molecule has 28 heavy (non-hydrogen) atoms. The van der Waals surface area contributed by atoms with Gasteiger partial charge in [0.05, 0.1) is 11.8 Å². The Hall–Kier alpha value is -1.06. The van der Waals surface area contributed by atoms with Crippen LogP contribution in [0.15, 0.2) is 0 Å². The van der Waals surface area contributed by atoms with E-state index >= 15 is 0 Å².